The van der Waals surface area contributed by atoms with Crippen LogP contribution < -0.4 is 5.32 Å². The van der Waals surface area contributed by atoms with Gasteiger partial charge in [-0.3, -0.25) is 4.98 Å². The highest BCUT2D eigenvalue weighted by atomic mass is 19.1. The van der Waals surface area contributed by atoms with Gasteiger partial charge in [-0.2, -0.15) is 0 Å². The quantitative estimate of drug-likeness (QED) is 0.783. The third-order valence-electron chi connectivity index (χ3n) is 3.56. The number of halogens is 1. The molecule has 21 heavy (non-hydrogen) atoms. The number of pyridine rings is 1. The summed E-state index contributed by atoms with van der Waals surface area (Å²) in [6.45, 7) is 2.99. The Hall–Kier alpha value is -1.74. The SMILES string of the molecule is CCCNC(CCCc1ccccc1)c1ncccc1F. The second kappa shape index (κ2) is 8.53. The van der Waals surface area contributed by atoms with Crippen molar-refractivity contribution in [1.29, 1.82) is 0 Å². The highest BCUT2D eigenvalue weighted by molar-refractivity contribution is 5.15. The van der Waals surface area contributed by atoms with E-state index in [9.17, 15) is 4.39 Å². The topological polar surface area (TPSA) is 24.9 Å². The molecule has 2 aromatic rings. The van der Waals surface area contributed by atoms with Gasteiger partial charge >= 0.3 is 0 Å². The van der Waals surface area contributed by atoms with E-state index in [4.69, 9.17) is 0 Å². The minimum atomic E-state index is -0.217. The van der Waals surface area contributed by atoms with Crippen molar-refractivity contribution >= 4 is 0 Å². The van der Waals surface area contributed by atoms with Crippen molar-refractivity contribution in [2.24, 2.45) is 0 Å². The highest BCUT2D eigenvalue weighted by Gasteiger charge is 2.15. The zero-order valence-electron chi connectivity index (χ0n) is 12.6. The van der Waals surface area contributed by atoms with E-state index in [1.807, 2.05) is 6.07 Å². The van der Waals surface area contributed by atoms with Crippen molar-refractivity contribution < 1.29 is 4.39 Å². The summed E-state index contributed by atoms with van der Waals surface area (Å²) in [5, 5.41) is 3.41. The van der Waals surface area contributed by atoms with Gasteiger partial charge in [-0.05, 0) is 49.9 Å². The van der Waals surface area contributed by atoms with Crippen molar-refractivity contribution in [3.63, 3.8) is 0 Å². The molecule has 1 heterocycles. The molecule has 1 unspecified atom stereocenters. The lowest BCUT2D eigenvalue weighted by Gasteiger charge is -2.18. The summed E-state index contributed by atoms with van der Waals surface area (Å²) >= 11 is 0. The second-order valence-corrected chi connectivity index (χ2v) is 5.26. The van der Waals surface area contributed by atoms with Gasteiger partial charge in [-0.25, -0.2) is 4.39 Å². The van der Waals surface area contributed by atoms with Crippen LogP contribution in [0.5, 0.6) is 0 Å². The molecule has 0 aliphatic carbocycles. The summed E-state index contributed by atoms with van der Waals surface area (Å²) in [4.78, 5) is 4.22. The predicted molar refractivity (Wildman–Crippen MR) is 84.6 cm³/mol. The lowest BCUT2D eigenvalue weighted by Crippen LogP contribution is -2.24. The van der Waals surface area contributed by atoms with Crippen LogP contribution in [-0.4, -0.2) is 11.5 Å². The first kappa shape index (κ1) is 15.6. The Bertz CT molecular complexity index is 528. The summed E-state index contributed by atoms with van der Waals surface area (Å²) in [6.07, 6.45) is 5.61. The summed E-state index contributed by atoms with van der Waals surface area (Å²) in [5.41, 5.74) is 1.87. The summed E-state index contributed by atoms with van der Waals surface area (Å²) in [6, 6.07) is 13.5. The lowest BCUT2D eigenvalue weighted by atomic mass is 10.0. The largest absolute Gasteiger partial charge is 0.309 e. The van der Waals surface area contributed by atoms with E-state index >= 15 is 0 Å². The Kier molecular flexibility index (Phi) is 6.35. The molecular weight excluding hydrogens is 263 g/mol. The Morgan fingerprint density at radius 2 is 1.95 bits per heavy atom. The molecule has 1 aromatic heterocycles. The Labute approximate surface area is 126 Å². The third-order valence-corrected chi connectivity index (χ3v) is 3.56. The molecular formula is C18H23FN2. The van der Waals surface area contributed by atoms with E-state index in [1.54, 1.807) is 12.3 Å². The first-order chi connectivity index (χ1) is 10.3. The number of nitrogens with one attached hydrogen (secondary N) is 1. The number of hydrogen-bond donors (Lipinski definition) is 1. The van der Waals surface area contributed by atoms with Gasteiger partial charge in [0.1, 0.15) is 5.82 Å². The molecule has 0 radical (unpaired) electrons. The highest BCUT2D eigenvalue weighted by Crippen LogP contribution is 2.20. The van der Waals surface area contributed by atoms with E-state index in [2.05, 4.69) is 41.5 Å². The molecule has 0 aliphatic rings. The van der Waals surface area contributed by atoms with Crippen LogP contribution in [0.15, 0.2) is 48.7 Å². The maximum Gasteiger partial charge on any atom is 0.146 e. The maximum absolute atomic E-state index is 13.9. The van der Waals surface area contributed by atoms with E-state index < -0.39 is 0 Å². The monoisotopic (exact) mass is 286 g/mol. The van der Waals surface area contributed by atoms with Gasteiger partial charge in [0.25, 0.3) is 0 Å². The molecule has 0 bridgehead atoms. The smallest absolute Gasteiger partial charge is 0.146 e. The van der Waals surface area contributed by atoms with Crippen LogP contribution in [0.1, 0.15) is 43.5 Å². The number of aryl methyl sites for hydroxylation is 1. The Morgan fingerprint density at radius 1 is 1.14 bits per heavy atom. The lowest BCUT2D eigenvalue weighted by molar-refractivity contribution is 0.450. The van der Waals surface area contributed by atoms with Crippen LogP contribution >= 0.6 is 0 Å². The van der Waals surface area contributed by atoms with Crippen molar-refractivity contribution in [3.8, 4) is 0 Å². The number of benzene rings is 1. The van der Waals surface area contributed by atoms with Crippen LogP contribution in [-0.2, 0) is 6.42 Å². The molecule has 0 fully saturated rings. The van der Waals surface area contributed by atoms with Crippen LogP contribution in [0.2, 0.25) is 0 Å². The standard InChI is InChI=1S/C18H23FN2/c1-2-13-20-17(18-16(19)11-7-14-21-18)12-6-10-15-8-4-3-5-9-15/h3-5,7-9,11,14,17,20H,2,6,10,12-13H2,1H3. The summed E-state index contributed by atoms with van der Waals surface area (Å²) in [7, 11) is 0. The fraction of sp³-hybridized carbons (Fsp3) is 0.389. The molecule has 0 amide bonds. The average molecular weight is 286 g/mol. The molecule has 1 aromatic carbocycles. The van der Waals surface area contributed by atoms with E-state index in [1.165, 1.54) is 11.6 Å². The minimum absolute atomic E-state index is 0.00476. The van der Waals surface area contributed by atoms with Crippen molar-refractivity contribution in [2.75, 3.05) is 6.54 Å². The van der Waals surface area contributed by atoms with Gasteiger partial charge in [0.2, 0.25) is 0 Å². The molecule has 0 aliphatic heterocycles. The summed E-state index contributed by atoms with van der Waals surface area (Å²) < 4.78 is 13.9. The van der Waals surface area contributed by atoms with E-state index in [0.717, 1.165) is 32.2 Å². The number of aromatic nitrogens is 1. The molecule has 1 atom stereocenters. The van der Waals surface area contributed by atoms with Crippen LogP contribution in [0, 0.1) is 5.82 Å². The van der Waals surface area contributed by atoms with Gasteiger partial charge < -0.3 is 5.32 Å². The Balaban J connectivity index is 1.95. The average Bonchev–Trinajstić information content (AvgIpc) is 2.52. The second-order valence-electron chi connectivity index (χ2n) is 5.26. The Morgan fingerprint density at radius 3 is 2.67 bits per heavy atom. The van der Waals surface area contributed by atoms with Crippen molar-refractivity contribution in [2.45, 2.75) is 38.6 Å². The van der Waals surface area contributed by atoms with Crippen LogP contribution in [0.4, 0.5) is 4.39 Å². The van der Waals surface area contributed by atoms with Gasteiger partial charge in [-0.1, -0.05) is 37.3 Å². The van der Waals surface area contributed by atoms with Gasteiger partial charge in [0, 0.05) is 6.20 Å². The molecule has 1 N–H and O–H groups in total. The van der Waals surface area contributed by atoms with Crippen LogP contribution in [0.25, 0.3) is 0 Å². The van der Waals surface area contributed by atoms with Gasteiger partial charge in [-0.15, -0.1) is 0 Å². The van der Waals surface area contributed by atoms with Crippen molar-refractivity contribution in [1.82, 2.24) is 10.3 Å². The molecule has 2 rings (SSSR count). The zero-order chi connectivity index (χ0) is 14.9. The molecule has 0 saturated carbocycles. The molecule has 112 valence electrons. The van der Waals surface area contributed by atoms with Crippen LogP contribution in [0.3, 0.4) is 0 Å². The number of nitrogens with zero attached hydrogens (tertiary/aromatic N) is 1. The number of hydrogen-bond acceptors (Lipinski definition) is 2. The third kappa shape index (κ3) is 4.94. The zero-order valence-corrected chi connectivity index (χ0v) is 12.6. The fourth-order valence-corrected chi connectivity index (χ4v) is 2.46. The fourth-order valence-electron chi connectivity index (χ4n) is 2.46. The molecule has 2 nitrogen and oxygen atoms in total. The van der Waals surface area contributed by atoms with E-state index in [0.29, 0.717) is 5.69 Å². The number of rotatable bonds is 8. The maximum atomic E-state index is 13.9. The molecule has 0 saturated heterocycles. The molecule has 0 spiro atoms. The predicted octanol–water partition coefficient (Wildman–Crippen LogP) is 4.28. The first-order valence-corrected chi connectivity index (χ1v) is 7.69. The first-order valence-electron chi connectivity index (χ1n) is 7.69. The van der Waals surface area contributed by atoms with E-state index in [-0.39, 0.29) is 11.9 Å². The summed E-state index contributed by atoms with van der Waals surface area (Å²) in [5.74, 6) is -0.217. The van der Waals surface area contributed by atoms with Gasteiger partial charge in [0.15, 0.2) is 0 Å². The van der Waals surface area contributed by atoms with Crippen molar-refractivity contribution in [3.05, 3.63) is 65.7 Å². The normalized spacial score (nSPS) is 12.3. The van der Waals surface area contributed by atoms with Gasteiger partial charge in [0.05, 0.1) is 11.7 Å². The minimum Gasteiger partial charge on any atom is -0.309 e. The molecule has 3 heteroatoms.